The van der Waals surface area contributed by atoms with Crippen molar-refractivity contribution in [2.24, 2.45) is 5.73 Å². The van der Waals surface area contributed by atoms with E-state index in [1.807, 2.05) is 18.2 Å². The molecule has 5 nitrogen and oxygen atoms in total. The van der Waals surface area contributed by atoms with E-state index in [-0.39, 0.29) is 18.0 Å². The van der Waals surface area contributed by atoms with Crippen molar-refractivity contribution in [1.82, 2.24) is 5.32 Å². The first-order valence-electron chi connectivity index (χ1n) is 7.78. The molecule has 3 rings (SSSR count). The van der Waals surface area contributed by atoms with Crippen molar-refractivity contribution in [2.75, 3.05) is 19.0 Å². The van der Waals surface area contributed by atoms with E-state index in [2.05, 4.69) is 5.32 Å². The summed E-state index contributed by atoms with van der Waals surface area (Å²) in [6, 6.07) is 6.43. The Bertz CT molecular complexity index is 538. The second-order valence-electron chi connectivity index (χ2n) is 5.74. The summed E-state index contributed by atoms with van der Waals surface area (Å²) in [5.74, 6) is 2.46. The third kappa shape index (κ3) is 4.08. The molecule has 2 aliphatic rings. The zero-order valence-electron chi connectivity index (χ0n) is 12.5. The molecule has 6 heteroatoms. The quantitative estimate of drug-likeness (QED) is 0.811. The van der Waals surface area contributed by atoms with Gasteiger partial charge in [0.05, 0.1) is 0 Å². The van der Waals surface area contributed by atoms with Crippen LogP contribution in [0.4, 0.5) is 0 Å². The highest BCUT2D eigenvalue weighted by atomic mass is 32.2. The molecule has 22 heavy (non-hydrogen) atoms. The van der Waals surface area contributed by atoms with Gasteiger partial charge in [-0.2, -0.15) is 0 Å². The number of benzene rings is 1. The number of nitrogens with two attached hydrogens (primary N) is 1. The molecule has 120 valence electrons. The minimum absolute atomic E-state index is 0.115. The highest BCUT2D eigenvalue weighted by Gasteiger charge is 2.22. The van der Waals surface area contributed by atoms with Crippen LogP contribution in [0.5, 0.6) is 11.5 Å². The number of ether oxygens (including phenoxy) is 2. The van der Waals surface area contributed by atoms with Gasteiger partial charge < -0.3 is 20.5 Å². The number of amides is 1. The number of thioether (sulfide) groups is 1. The second-order valence-corrected chi connectivity index (χ2v) is 6.91. The van der Waals surface area contributed by atoms with Gasteiger partial charge in [0.15, 0.2) is 11.5 Å². The summed E-state index contributed by atoms with van der Waals surface area (Å²) in [5, 5.41) is 3.07. The summed E-state index contributed by atoms with van der Waals surface area (Å²) in [7, 11) is 0. The third-order valence-corrected chi connectivity index (χ3v) is 4.95. The predicted octanol–water partition coefficient (Wildman–Crippen LogP) is 1.94. The van der Waals surface area contributed by atoms with Crippen LogP contribution in [0, 0.1) is 0 Å². The van der Waals surface area contributed by atoms with Gasteiger partial charge in [-0.1, -0.05) is 0 Å². The van der Waals surface area contributed by atoms with Gasteiger partial charge in [0.25, 0.3) is 0 Å². The van der Waals surface area contributed by atoms with Crippen molar-refractivity contribution in [2.45, 2.75) is 42.7 Å². The van der Waals surface area contributed by atoms with Gasteiger partial charge in [-0.15, -0.1) is 11.8 Å². The van der Waals surface area contributed by atoms with E-state index in [1.165, 1.54) is 0 Å². The zero-order valence-corrected chi connectivity index (χ0v) is 13.4. The third-order valence-electron chi connectivity index (χ3n) is 3.95. The molecule has 1 saturated carbocycles. The number of carbonyl (C=O) groups is 1. The molecular weight excluding hydrogens is 300 g/mol. The molecule has 0 aromatic heterocycles. The Labute approximate surface area is 134 Å². The molecule has 3 N–H and O–H groups in total. The van der Waals surface area contributed by atoms with Crippen LogP contribution in [0.3, 0.4) is 0 Å². The largest absolute Gasteiger partial charge is 0.486 e. The number of carbonyl (C=O) groups excluding carboxylic acids is 1. The van der Waals surface area contributed by atoms with E-state index < -0.39 is 0 Å². The Balaban J connectivity index is 1.42. The lowest BCUT2D eigenvalue weighted by molar-refractivity contribution is -0.121. The number of nitrogens with one attached hydrogen (secondary N) is 1. The van der Waals surface area contributed by atoms with Crippen LogP contribution in [0.1, 0.15) is 25.7 Å². The molecular formula is C16H22N2O3S. The summed E-state index contributed by atoms with van der Waals surface area (Å²) in [5.41, 5.74) is 5.86. The maximum Gasteiger partial charge on any atom is 0.221 e. The normalized spacial score (nSPS) is 23.3. The van der Waals surface area contributed by atoms with E-state index in [0.717, 1.165) is 41.4 Å². The van der Waals surface area contributed by atoms with Crippen LogP contribution < -0.4 is 20.5 Å². The van der Waals surface area contributed by atoms with Crippen LogP contribution in [0.25, 0.3) is 0 Å². The minimum Gasteiger partial charge on any atom is -0.486 e. The fraction of sp³-hybridized carbons (Fsp3) is 0.562. The predicted molar refractivity (Wildman–Crippen MR) is 86.5 cm³/mol. The second kappa shape index (κ2) is 7.24. The first kappa shape index (κ1) is 15.5. The van der Waals surface area contributed by atoms with Crippen LogP contribution in [-0.4, -0.2) is 37.0 Å². The topological polar surface area (TPSA) is 73.6 Å². The number of hydrogen-bond acceptors (Lipinski definition) is 5. The van der Waals surface area contributed by atoms with Crippen LogP contribution >= 0.6 is 11.8 Å². The molecule has 2 atom stereocenters. The Kier molecular flexibility index (Phi) is 5.10. The Morgan fingerprint density at radius 1 is 1.27 bits per heavy atom. The average Bonchev–Trinajstić information content (AvgIpc) is 2.92. The molecule has 0 bridgehead atoms. The van der Waals surface area contributed by atoms with Crippen LogP contribution in [-0.2, 0) is 4.79 Å². The lowest BCUT2D eigenvalue weighted by Crippen LogP contribution is -2.34. The molecule has 1 aliphatic carbocycles. The summed E-state index contributed by atoms with van der Waals surface area (Å²) in [6.45, 7) is 1.19. The summed E-state index contributed by atoms with van der Waals surface area (Å²) in [4.78, 5) is 13.0. The van der Waals surface area contributed by atoms with Gasteiger partial charge in [0.2, 0.25) is 5.91 Å². The van der Waals surface area contributed by atoms with E-state index in [9.17, 15) is 4.79 Å². The van der Waals surface area contributed by atoms with Crippen LogP contribution in [0.15, 0.2) is 23.1 Å². The summed E-state index contributed by atoms with van der Waals surface area (Å²) >= 11 is 1.66. The zero-order chi connectivity index (χ0) is 15.4. The Hall–Kier alpha value is -1.40. The monoisotopic (exact) mass is 322 g/mol. The maximum absolute atomic E-state index is 11.9. The Morgan fingerprint density at radius 3 is 2.86 bits per heavy atom. The van der Waals surface area contributed by atoms with Gasteiger partial charge in [0.1, 0.15) is 13.2 Å². The fourth-order valence-corrected chi connectivity index (χ4v) is 3.70. The highest BCUT2D eigenvalue weighted by molar-refractivity contribution is 7.99. The molecule has 0 radical (unpaired) electrons. The standard InChI is InChI=1S/C16H22N2O3S/c17-11-1-2-12(9-11)18-16(19)5-8-22-13-3-4-14-15(10-13)21-7-6-20-14/h3-4,10-12H,1-2,5-9,17H2,(H,18,19)/t11-,12-/m1/s1. The average molecular weight is 322 g/mol. The van der Waals surface area contributed by atoms with Gasteiger partial charge in [-0.05, 0) is 37.5 Å². The van der Waals surface area contributed by atoms with Crippen molar-refractivity contribution in [3.05, 3.63) is 18.2 Å². The number of fused-ring (bicyclic) bond motifs is 1. The van der Waals surface area contributed by atoms with E-state index in [1.54, 1.807) is 11.8 Å². The molecule has 1 aromatic rings. The molecule has 1 aliphatic heterocycles. The van der Waals surface area contributed by atoms with E-state index in [4.69, 9.17) is 15.2 Å². The summed E-state index contributed by atoms with van der Waals surface area (Å²) in [6.07, 6.45) is 3.44. The van der Waals surface area contributed by atoms with Gasteiger partial charge in [0, 0.05) is 29.2 Å². The van der Waals surface area contributed by atoms with E-state index in [0.29, 0.717) is 19.6 Å². The Morgan fingerprint density at radius 2 is 2.09 bits per heavy atom. The number of hydrogen-bond donors (Lipinski definition) is 2. The number of rotatable bonds is 5. The maximum atomic E-state index is 11.9. The van der Waals surface area contributed by atoms with Gasteiger partial charge >= 0.3 is 0 Å². The molecule has 1 fully saturated rings. The van der Waals surface area contributed by atoms with Crippen molar-refractivity contribution in [3.8, 4) is 11.5 Å². The molecule has 0 unspecified atom stereocenters. The van der Waals surface area contributed by atoms with Crippen LogP contribution in [0.2, 0.25) is 0 Å². The van der Waals surface area contributed by atoms with Gasteiger partial charge in [-0.3, -0.25) is 4.79 Å². The first-order valence-corrected chi connectivity index (χ1v) is 8.76. The highest BCUT2D eigenvalue weighted by Crippen LogP contribution is 2.34. The van der Waals surface area contributed by atoms with Crippen molar-refractivity contribution < 1.29 is 14.3 Å². The first-order chi connectivity index (χ1) is 10.7. The smallest absolute Gasteiger partial charge is 0.221 e. The van der Waals surface area contributed by atoms with Crippen molar-refractivity contribution >= 4 is 17.7 Å². The lowest BCUT2D eigenvalue weighted by Gasteiger charge is -2.18. The fourth-order valence-electron chi connectivity index (χ4n) is 2.82. The van der Waals surface area contributed by atoms with Crippen molar-refractivity contribution in [1.29, 1.82) is 0 Å². The molecule has 0 spiro atoms. The molecule has 1 heterocycles. The molecule has 0 saturated heterocycles. The minimum atomic E-state index is 0.115. The summed E-state index contributed by atoms with van der Waals surface area (Å²) < 4.78 is 11.1. The SMILES string of the molecule is N[C@@H]1CC[C@@H](NC(=O)CCSc2ccc3c(c2)OCCO3)C1. The van der Waals surface area contributed by atoms with E-state index >= 15 is 0 Å². The molecule has 1 amide bonds. The molecule has 1 aromatic carbocycles. The van der Waals surface area contributed by atoms with Crippen molar-refractivity contribution in [3.63, 3.8) is 0 Å². The van der Waals surface area contributed by atoms with Gasteiger partial charge in [-0.25, -0.2) is 0 Å². The lowest BCUT2D eigenvalue weighted by atomic mass is 10.2.